The summed E-state index contributed by atoms with van der Waals surface area (Å²) in [7, 11) is 0. The van der Waals surface area contributed by atoms with Crippen LogP contribution in [-0.2, 0) is 14.3 Å². The van der Waals surface area contributed by atoms with Crippen LogP contribution in [0.5, 0.6) is 0 Å². The van der Waals surface area contributed by atoms with Crippen molar-refractivity contribution in [3.63, 3.8) is 0 Å². The van der Waals surface area contributed by atoms with Gasteiger partial charge in [-0.2, -0.15) is 5.26 Å². The SMILES string of the molecule is CC1=C(C(=O)OC(C)C)C(c2cccc(-c3ccccc3)c2)C(C#N)=C(N)O1. The number of hydrogen-bond acceptors (Lipinski definition) is 5. The number of rotatable bonds is 4. The number of carbonyl (C=O) groups is 1. The Morgan fingerprint density at radius 1 is 1.14 bits per heavy atom. The van der Waals surface area contributed by atoms with Crippen LogP contribution in [0.1, 0.15) is 32.3 Å². The van der Waals surface area contributed by atoms with Crippen LogP contribution in [-0.4, -0.2) is 12.1 Å². The van der Waals surface area contributed by atoms with E-state index in [2.05, 4.69) is 6.07 Å². The summed E-state index contributed by atoms with van der Waals surface area (Å²) in [5, 5.41) is 9.70. The van der Waals surface area contributed by atoms with Crippen molar-refractivity contribution in [3.8, 4) is 17.2 Å². The van der Waals surface area contributed by atoms with Gasteiger partial charge >= 0.3 is 5.97 Å². The Labute approximate surface area is 164 Å². The monoisotopic (exact) mass is 374 g/mol. The van der Waals surface area contributed by atoms with E-state index in [1.54, 1.807) is 20.8 Å². The van der Waals surface area contributed by atoms with Gasteiger partial charge in [0.2, 0.25) is 5.88 Å². The first-order valence-electron chi connectivity index (χ1n) is 9.07. The molecule has 1 aliphatic heterocycles. The quantitative estimate of drug-likeness (QED) is 0.803. The Bertz CT molecular complexity index is 998. The minimum absolute atomic E-state index is 0.0104. The third-order valence-corrected chi connectivity index (χ3v) is 4.50. The maximum absolute atomic E-state index is 12.8. The molecule has 0 aromatic heterocycles. The molecule has 3 rings (SSSR count). The minimum Gasteiger partial charge on any atom is -0.459 e. The van der Waals surface area contributed by atoms with Crippen LogP contribution in [0.4, 0.5) is 0 Å². The number of allylic oxidation sites excluding steroid dienone is 2. The fourth-order valence-electron chi connectivity index (χ4n) is 3.29. The van der Waals surface area contributed by atoms with Gasteiger partial charge in [0, 0.05) is 0 Å². The first-order valence-corrected chi connectivity index (χ1v) is 9.07. The number of ether oxygens (including phenoxy) is 2. The van der Waals surface area contributed by atoms with Crippen molar-refractivity contribution in [2.45, 2.75) is 32.8 Å². The molecule has 1 atom stereocenters. The van der Waals surface area contributed by atoms with Crippen molar-refractivity contribution in [1.82, 2.24) is 0 Å². The summed E-state index contributed by atoms with van der Waals surface area (Å²) in [5.74, 6) is -0.801. The number of nitrogens with two attached hydrogens (primary N) is 1. The molecule has 2 aromatic rings. The van der Waals surface area contributed by atoms with Crippen molar-refractivity contribution >= 4 is 5.97 Å². The van der Waals surface area contributed by atoms with Gasteiger partial charge in [-0.05, 0) is 37.5 Å². The lowest BCUT2D eigenvalue weighted by atomic mass is 9.82. The highest BCUT2D eigenvalue weighted by Gasteiger charge is 2.36. The second kappa shape index (κ2) is 8.01. The van der Waals surface area contributed by atoms with Crippen molar-refractivity contribution in [1.29, 1.82) is 5.26 Å². The summed E-state index contributed by atoms with van der Waals surface area (Å²) in [5.41, 5.74) is 9.26. The molecule has 5 heteroatoms. The number of nitriles is 1. The molecule has 142 valence electrons. The second-order valence-corrected chi connectivity index (χ2v) is 6.84. The highest BCUT2D eigenvalue weighted by Crippen LogP contribution is 2.40. The Hall–Kier alpha value is -3.52. The zero-order chi connectivity index (χ0) is 20.3. The van der Waals surface area contributed by atoms with Gasteiger partial charge in [0.15, 0.2) is 0 Å². The minimum atomic E-state index is -0.645. The molecule has 0 saturated heterocycles. The molecular formula is C23H22N2O3. The number of hydrogen-bond donors (Lipinski definition) is 1. The Morgan fingerprint density at radius 3 is 2.46 bits per heavy atom. The van der Waals surface area contributed by atoms with Crippen molar-refractivity contribution in [2.24, 2.45) is 5.73 Å². The maximum atomic E-state index is 12.8. The van der Waals surface area contributed by atoms with Gasteiger partial charge in [-0.1, -0.05) is 54.6 Å². The molecule has 0 fully saturated rings. The van der Waals surface area contributed by atoms with Gasteiger partial charge in [0.05, 0.1) is 17.6 Å². The molecule has 1 aliphatic rings. The summed E-state index contributed by atoms with van der Waals surface area (Å²) in [6.07, 6.45) is -0.294. The Kier molecular flexibility index (Phi) is 5.51. The molecule has 0 saturated carbocycles. The van der Waals surface area contributed by atoms with Crippen LogP contribution in [0.15, 0.2) is 77.4 Å². The molecular weight excluding hydrogens is 352 g/mol. The lowest BCUT2D eigenvalue weighted by Gasteiger charge is -2.27. The fraction of sp³-hybridized carbons (Fsp3) is 0.217. The maximum Gasteiger partial charge on any atom is 0.338 e. The first-order chi connectivity index (χ1) is 13.4. The van der Waals surface area contributed by atoms with Gasteiger partial charge in [-0.25, -0.2) is 4.79 Å². The Balaban J connectivity index is 2.13. The van der Waals surface area contributed by atoms with Crippen LogP contribution >= 0.6 is 0 Å². The predicted molar refractivity (Wildman–Crippen MR) is 106 cm³/mol. The predicted octanol–water partition coefficient (Wildman–Crippen LogP) is 4.39. The van der Waals surface area contributed by atoms with Crippen LogP contribution in [0.3, 0.4) is 0 Å². The van der Waals surface area contributed by atoms with E-state index in [4.69, 9.17) is 15.2 Å². The van der Waals surface area contributed by atoms with Crippen LogP contribution in [0.2, 0.25) is 0 Å². The normalized spacial score (nSPS) is 16.6. The van der Waals surface area contributed by atoms with E-state index in [0.717, 1.165) is 16.7 Å². The summed E-state index contributed by atoms with van der Waals surface area (Å²) in [6.45, 7) is 5.21. The third-order valence-electron chi connectivity index (χ3n) is 4.50. The van der Waals surface area contributed by atoms with E-state index >= 15 is 0 Å². The van der Waals surface area contributed by atoms with Crippen LogP contribution in [0.25, 0.3) is 11.1 Å². The van der Waals surface area contributed by atoms with E-state index in [1.165, 1.54) is 0 Å². The van der Waals surface area contributed by atoms with Gasteiger partial charge in [-0.3, -0.25) is 0 Å². The largest absolute Gasteiger partial charge is 0.459 e. The molecule has 2 aromatic carbocycles. The van der Waals surface area contributed by atoms with Crippen molar-refractivity contribution in [2.75, 3.05) is 0 Å². The molecule has 0 aliphatic carbocycles. The zero-order valence-corrected chi connectivity index (χ0v) is 16.1. The van der Waals surface area contributed by atoms with Crippen molar-refractivity contribution in [3.05, 3.63) is 82.9 Å². The summed E-state index contributed by atoms with van der Waals surface area (Å²) in [4.78, 5) is 12.8. The standard InChI is InChI=1S/C23H22N2O3/c1-14(2)27-23(26)20-15(3)28-22(25)19(13-24)21(20)18-11-7-10-17(12-18)16-8-5-4-6-9-16/h4-12,14,21H,25H2,1-3H3. The van der Waals surface area contributed by atoms with Crippen molar-refractivity contribution < 1.29 is 14.3 Å². The lowest BCUT2D eigenvalue weighted by molar-refractivity contribution is -0.143. The summed E-state index contributed by atoms with van der Waals surface area (Å²) < 4.78 is 10.9. The van der Waals surface area contributed by atoms with Crippen LogP contribution in [0, 0.1) is 11.3 Å². The number of esters is 1. The molecule has 0 bridgehead atoms. The van der Waals surface area contributed by atoms with Gasteiger partial charge in [0.1, 0.15) is 17.4 Å². The molecule has 28 heavy (non-hydrogen) atoms. The Morgan fingerprint density at radius 2 is 1.82 bits per heavy atom. The average Bonchev–Trinajstić information content (AvgIpc) is 2.67. The van der Waals surface area contributed by atoms with Gasteiger partial charge < -0.3 is 15.2 Å². The van der Waals surface area contributed by atoms with E-state index in [1.807, 2.05) is 54.6 Å². The van der Waals surface area contributed by atoms with E-state index in [-0.39, 0.29) is 17.6 Å². The van der Waals surface area contributed by atoms with Gasteiger partial charge in [0.25, 0.3) is 0 Å². The summed E-state index contributed by atoms with van der Waals surface area (Å²) >= 11 is 0. The topological polar surface area (TPSA) is 85.3 Å². The molecule has 1 unspecified atom stereocenters. The lowest BCUT2D eigenvalue weighted by Crippen LogP contribution is -2.26. The fourth-order valence-corrected chi connectivity index (χ4v) is 3.29. The smallest absolute Gasteiger partial charge is 0.338 e. The number of carbonyl (C=O) groups excluding carboxylic acids is 1. The van der Waals surface area contributed by atoms with E-state index < -0.39 is 11.9 Å². The molecule has 1 heterocycles. The molecule has 2 N–H and O–H groups in total. The highest BCUT2D eigenvalue weighted by molar-refractivity contribution is 5.92. The summed E-state index contributed by atoms with van der Waals surface area (Å²) in [6, 6.07) is 19.7. The zero-order valence-electron chi connectivity index (χ0n) is 16.1. The van der Waals surface area contributed by atoms with Crippen LogP contribution < -0.4 is 5.73 Å². The molecule has 5 nitrogen and oxygen atoms in total. The number of benzene rings is 2. The number of nitrogens with zero attached hydrogens (tertiary/aromatic N) is 1. The molecule has 0 amide bonds. The third kappa shape index (κ3) is 3.77. The molecule has 0 radical (unpaired) electrons. The van der Waals surface area contributed by atoms with E-state index in [9.17, 15) is 10.1 Å². The molecule has 0 spiro atoms. The van der Waals surface area contributed by atoms with Gasteiger partial charge in [-0.15, -0.1) is 0 Å². The van der Waals surface area contributed by atoms with E-state index in [0.29, 0.717) is 11.3 Å². The first kappa shape index (κ1) is 19.2. The average molecular weight is 374 g/mol. The highest BCUT2D eigenvalue weighted by atomic mass is 16.5. The second-order valence-electron chi connectivity index (χ2n) is 6.84.